The number of furan rings is 2. The first-order valence-corrected chi connectivity index (χ1v) is 9.48. The Morgan fingerprint density at radius 3 is 2.63 bits per heavy atom. The van der Waals surface area contributed by atoms with E-state index in [1.165, 1.54) is 11.8 Å². The van der Waals surface area contributed by atoms with E-state index in [-0.39, 0.29) is 11.5 Å². The van der Waals surface area contributed by atoms with E-state index in [4.69, 9.17) is 8.83 Å². The maximum Gasteiger partial charge on any atom is 0.208 e. The Hall–Kier alpha value is -3.12. The lowest BCUT2D eigenvalue weighted by molar-refractivity contribution is 0.0994. The van der Waals surface area contributed by atoms with Gasteiger partial charge >= 0.3 is 0 Å². The molecule has 0 atom stereocenters. The highest BCUT2D eigenvalue weighted by molar-refractivity contribution is 8.00. The summed E-state index contributed by atoms with van der Waals surface area (Å²) in [5.74, 6) is 1.13. The van der Waals surface area contributed by atoms with Crippen LogP contribution >= 0.6 is 11.8 Å². The van der Waals surface area contributed by atoms with Gasteiger partial charge in [0.1, 0.15) is 27.5 Å². The van der Waals surface area contributed by atoms with E-state index in [0.717, 1.165) is 21.9 Å². The van der Waals surface area contributed by atoms with E-state index in [0.29, 0.717) is 27.8 Å². The number of Topliss-reactive ketones (excluding diaryl/α,β-unsaturated/α-hetero) is 1. The van der Waals surface area contributed by atoms with Crippen molar-refractivity contribution in [3.8, 4) is 0 Å². The van der Waals surface area contributed by atoms with Crippen molar-refractivity contribution in [1.29, 1.82) is 0 Å². The zero-order valence-electron chi connectivity index (χ0n) is 14.4. The molecule has 0 fully saturated rings. The van der Waals surface area contributed by atoms with Crippen LogP contribution in [0.5, 0.6) is 0 Å². The number of aromatic nitrogens is 2. The van der Waals surface area contributed by atoms with Gasteiger partial charge in [0.2, 0.25) is 5.78 Å². The minimum absolute atomic E-state index is 0.0864. The Balaban J connectivity index is 1.48. The molecule has 2 aromatic carbocycles. The molecule has 0 saturated carbocycles. The van der Waals surface area contributed by atoms with Gasteiger partial charge in [-0.25, -0.2) is 9.97 Å². The topological polar surface area (TPSA) is 69.1 Å². The second-order valence-electron chi connectivity index (χ2n) is 6.21. The van der Waals surface area contributed by atoms with Crippen molar-refractivity contribution >= 4 is 50.6 Å². The largest absolute Gasteiger partial charge is 0.453 e. The van der Waals surface area contributed by atoms with Gasteiger partial charge in [0.25, 0.3) is 0 Å². The van der Waals surface area contributed by atoms with Crippen LogP contribution < -0.4 is 0 Å². The van der Waals surface area contributed by atoms with Crippen LogP contribution in [-0.2, 0) is 0 Å². The molecule has 0 unspecified atom stereocenters. The van der Waals surface area contributed by atoms with Crippen molar-refractivity contribution < 1.29 is 13.6 Å². The lowest BCUT2D eigenvalue weighted by Crippen LogP contribution is -2.01. The van der Waals surface area contributed by atoms with E-state index >= 15 is 0 Å². The molecule has 0 N–H and O–H groups in total. The van der Waals surface area contributed by atoms with E-state index in [1.807, 2.05) is 55.5 Å². The fourth-order valence-electron chi connectivity index (χ4n) is 3.09. The monoisotopic (exact) mass is 374 g/mol. The molecule has 6 heteroatoms. The van der Waals surface area contributed by atoms with Crippen molar-refractivity contribution in [2.75, 3.05) is 5.75 Å². The zero-order chi connectivity index (χ0) is 18.4. The minimum atomic E-state index is -0.0864. The molecule has 0 aliphatic carbocycles. The fraction of sp³-hybridized carbons (Fsp3) is 0.0952. The molecule has 0 aliphatic heterocycles. The number of para-hydroxylation sites is 2. The molecule has 0 amide bonds. The molecule has 0 radical (unpaired) electrons. The molecule has 3 aromatic heterocycles. The van der Waals surface area contributed by atoms with Crippen molar-refractivity contribution in [3.05, 3.63) is 66.2 Å². The molecule has 3 heterocycles. The highest BCUT2D eigenvalue weighted by Crippen LogP contribution is 2.33. The molecular formula is C21H14N2O3S. The van der Waals surface area contributed by atoms with Crippen molar-refractivity contribution in [3.63, 3.8) is 0 Å². The van der Waals surface area contributed by atoms with Crippen LogP contribution in [-0.4, -0.2) is 21.5 Å². The third-order valence-corrected chi connectivity index (χ3v) is 5.30. The highest BCUT2D eigenvalue weighted by Gasteiger charge is 2.18. The predicted octanol–water partition coefficient (Wildman–Crippen LogP) is 5.41. The standard InChI is InChI=1S/C21H14N2O3S/c1-12-22-19-14-7-3-5-9-17(14)26-20(19)21(23-12)27-11-15(24)18-10-13-6-2-4-8-16(13)25-18/h2-10H,11H2,1H3. The summed E-state index contributed by atoms with van der Waals surface area (Å²) >= 11 is 1.34. The van der Waals surface area contributed by atoms with E-state index < -0.39 is 0 Å². The van der Waals surface area contributed by atoms with Gasteiger partial charge in [-0.1, -0.05) is 42.1 Å². The Morgan fingerprint density at radius 2 is 1.78 bits per heavy atom. The number of benzene rings is 2. The number of rotatable bonds is 4. The van der Waals surface area contributed by atoms with Crippen LogP contribution in [0.4, 0.5) is 0 Å². The smallest absolute Gasteiger partial charge is 0.208 e. The molecule has 0 bridgehead atoms. The first-order valence-electron chi connectivity index (χ1n) is 8.49. The van der Waals surface area contributed by atoms with Crippen molar-refractivity contribution in [2.24, 2.45) is 0 Å². The van der Waals surface area contributed by atoms with Gasteiger partial charge in [0, 0.05) is 10.8 Å². The molecule has 0 aliphatic rings. The summed E-state index contributed by atoms with van der Waals surface area (Å²) in [4.78, 5) is 21.6. The summed E-state index contributed by atoms with van der Waals surface area (Å²) in [6.07, 6.45) is 0. The van der Waals surface area contributed by atoms with Crippen LogP contribution in [0.15, 0.2) is 68.5 Å². The quantitative estimate of drug-likeness (QED) is 0.238. The third kappa shape index (κ3) is 2.78. The number of hydrogen-bond acceptors (Lipinski definition) is 6. The van der Waals surface area contributed by atoms with Gasteiger partial charge in [-0.2, -0.15) is 0 Å². The van der Waals surface area contributed by atoms with E-state index in [9.17, 15) is 4.79 Å². The van der Waals surface area contributed by atoms with Gasteiger partial charge in [-0.15, -0.1) is 0 Å². The predicted molar refractivity (Wildman–Crippen MR) is 105 cm³/mol. The maximum absolute atomic E-state index is 12.6. The molecule has 5 rings (SSSR count). The molecular weight excluding hydrogens is 360 g/mol. The first-order chi connectivity index (χ1) is 13.2. The Morgan fingerprint density at radius 1 is 1.00 bits per heavy atom. The summed E-state index contributed by atoms with van der Waals surface area (Å²) in [6, 6.07) is 17.1. The van der Waals surface area contributed by atoms with Crippen molar-refractivity contribution in [2.45, 2.75) is 11.9 Å². The normalized spacial score (nSPS) is 11.6. The van der Waals surface area contributed by atoms with Gasteiger partial charge in [-0.05, 0) is 31.2 Å². The second kappa shape index (κ2) is 6.25. The van der Waals surface area contributed by atoms with Crippen molar-refractivity contribution in [1.82, 2.24) is 9.97 Å². The molecule has 27 heavy (non-hydrogen) atoms. The fourth-order valence-corrected chi connectivity index (χ4v) is 3.97. The lowest BCUT2D eigenvalue weighted by Gasteiger charge is -2.01. The van der Waals surface area contributed by atoms with Crippen LogP contribution in [0.25, 0.3) is 33.0 Å². The SMILES string of the molecule is Cc1nc(SCC(=O)c2cc3ccccc3o2)c2oc3ccccc3c2n1. The van der Waals surface area contributed by atoms with Crippen LogP contribution in [0.3, 0.4) is 0 Å². The number of ketones is 1. The molecule has 5 aromatic rings. The number of hydrogen-bond donors (Lipinski definition) is 0. The minimum Gasteiger partial charge on any atom is -0.453 e. The van der Waals surface area contributed by atoms with Gasteiger partial charge < -0.3 is 8.83 Å². The molecule has 0 spiro atoms. The summed E-state index contributed by atoms with van der Waals surface area (Å²) < 4.78 is 11.6. The Bertz CT molecular complexity index is 1290. The average molecular weight is 374 g/mol. The van der Waals surface area contributed by atoms with Crippen LogP contribution in [0, 0.1) is 6.92 Å². The number of fused-ring (bicyclic) bond motifs is 4. The molecule has 0 saturated heterocycles. The number of thioether (sulfide) groups is 1. The summed E-state index contributed by atoms with van der Waals surface area (Å²) in [5, 5.41) is 2.53. The molecule has 5 nitrogen and oxygen atoms in total. The zero-order valence-corrected chi connectivity index (χ0v) is 15.2. The second-order valence-corrected chi connectivity index (χ2v) is 7.18. The van der Waals surface area contributed by atoms with Gasteiger partial charge in [0.15, 0.2) is 11.3 Å². The Labute approximate surface area is 158 Å². The van der Waals surface area contributed by atoms with Crippen LogP contribution in [0.1, 0.15) is 16.4 Å². The number of aryl methyl sites for hydroxylation is 1. The van der Waals surface area contributed by atoms with E-state index in [2.05, 4.69) is 9.97 Å². The Kier molecular flexibility index (Phi) is 3.72. The van der Waals surface area contributed by atoms with Crippen LogP contribution in [0.2, 0.25) is 0 Å². The third-order valence-electron chi connectivity index (χ3n) is 4.34. The first kappa shape index (κ1) is 16.1. The number of nitrogens with zero attached hydrogens (tertiary/aromatic N) is 2. The van der Waals surface area contributed by atoms with Gasteiger partial charge in [-0.3, -0.25) is 4.79 Å². The molecule has 132 valence electrons. The highest BCUT2D eigenvalue weighted by atomic mass is 32.2. The lowest BCUT2D eigenvalue weighted by atomic mass is 10.2. The maximum atomic E-state index is 12.6. The van der Waals surface area contributed by atoms with E-state index in [1.54, 1.807) is 6.07 Å². The average Bonchev–Trinajstić information content (AvgIpc) is 3.27. The summed E-state index contributed by atoms with van der Waals surface area (Å²) in [5.41, 5.74) is 2.86. The summed E-state index contributed by atoms with van der Waals surface area (Å²) in [6.45, 7) is 1.84. The number of carbonyl (C=O) groups is 1. The van der Waals surface area contributed by atoms with Gasteiger partial charge in [0.05, 0.1) is 5.75 Å². The number of carbonyl (C=O) groups excluding carboxylic acids is 1. The summed E-state index contributed by atoms with van der Waals surface area (Å²) in [7, 11) is 0.